The van der Waals surface area contributed by atoms with Crippen LogP contribution in [-0.2, 0) is 9.59 Å². The van der Waals surface area contributed by atoms with Gasteiger partial charge in [-0.25, -0.2) is 9.97 Å². The van der Waals surface area contributed by atoms with Crippen molar-refractivity contribution in [3.05, 3.63) is 17.3 Å². The van der Waals surface area contributed by atoms with Crippen LogP contribution in [0.15, 0.2) is 11.4 Å². The van der Waals surface area contributed by atoms with Crippen LogP contribution in [0.2, 0.25) is 0 Å². The van der Waals surface area contributed by atoms with Gasteiger partial charge in [-0.1, -0.05) is 0 Å². The Labute approximate surface area is 155 Å². The van der Waals surface area contributed by atoms with Crippen LogP contribution in [0.4, 0.5) is 5.82 Å². The molecule has 2 aliphatic rings. The maximum absolute atomic E-state index is 12.0. The van der Waals surface area contributed by atoms with Crippen LogP contribution in [0.3, 0.4) is 0 Å². The molecule has 4 heterocycles. The summed E-state index contributed by atoms with van der Waals surface area (Å²) in [6, 6.07) is 2.03. The summed E-state index contributed by atoms with van der Waals surface area (Å²) in [5.74, 6) is 0.810. The minimum atomic E-state index is -0.940. The van der Waals surface area contributed by atoms with Gasteiger partial charge in [-0.3, -0.25) is 9.59 Å². The smallest absolute Gasteiger partial charge is 0.323 e. The maximum Gasteiger partial charge on any atom is 0.323 e. The number of anilines is 1. The number of carboxylic acid groups (broad SMARTS) is 1. The Morgan fingerprint density at radius 1 is 1.31 bits per heavy atom. The number of hydrogen-bond donors (Lipinski definition) is 1. The predicted octanol–water partition coefficient (Wildman–Crippen LogP) is 2.29. The number of nitrogens with zero attached hydrogens (tertiary/aromatic N) is 4. The minimum Gasteiger partial charge on any atom is -0.480 e. The number of aromatic nitrogens is 2. The molecule has 1 spiro atoms. The molecule has 0 aromatic carbocycles. The molecule has 138 valence electrons. The maximum atomic E-state index is 12.0. The van der Waals surface area contributed by atoms with Crippen LogP contribution in [0.1, 0.15) is 31.5 Å². The highest BCUT2D eigenvalue weighted by atomic mass is 32.1. The highest BCUT2D eigenvalue weighted by Crippen LogP contribution is 2.42. The Balaban J connectivity index is 1.51. The van der Waals surface area contributed by atoms with Gasteiger partial charge in [-0.05, 0) is 43.0 Å². The average molecular weight is 374 g/mol. The van der Waals surface area contributed by atoms with Crippen LogP contribution in [0.5, 0.6) is 0 Å². The van der Waals surface area contributed by atoms with Gasteiger partial charge in [-0.15, -0.1) is 11.3 Å². The second-order valence-electron chi connectivity index (χ2n) is 7.36. The van der Waals surface area contributed by atoms with Crippen LogP contribution in [0.25, 0.3) is 10.2 Å². The van der Waals surface area contributed by atoms with Crippen molar-refractivity contribution in [3.8, 4) is 0 Å². The van der Waals surface area contributed by atoms with Gasteiger partial charge in [0.25, 0.3) is 0 Å². The molecule has 0 bridgehead atoms. The molecule has 0 atom stereocenters. The number of carbonyl (C=O) groups is 2. The lowest BCUT2D eigenvalue weighted by Gasteiger charge is -2.47. The molecule has 2 saturated heterocycles. The van der Waals surface area contributed by atoms with Gasteiger partial charge in [0.05, 0.1) is 10.2 Å². The summed E-state index contributed by atoms with van der Waals surface area (Å²) in [5.41, 5.74) is 1.03. The van der Waals surface area contributed by atoms with Crippen molar-refractivity contribution < 1.29 is 14.7 Å². The molecule has 2 aromatic heterocycles. The van der Waals surface area contributed by atoms with Gasteiger partial charge in [-0.2, -0.15) is 0 Å². The highest BCUT2D eigenvalue weighted by Gasteiger charge is 2.41. The van der Waals surface area contributed by atoms with Gasteiger partial charge >= 0.3 is 5.97 Å². The number of fused-ring (bicyclic) bond motifs is 1. The Bertz CT molecular complexity index is 857. The summed E-state index contributed by atoms with van der Waals surface area (Å²) >= 11 is 1.67. The average Bonchev–Trinajstić information content (AvgIpc) is 3.06. The number of amides is 1. The lowest BCUT2D eigenvalue weighted by atomic mass is 9.72. The van der Waals surface area contributed by atoms with Crippen molar-refractivity contribution in [1.29, 1.82) is 0 Å². The first-order valence-corrected chi connectivity index (χ1v) is 9.80. The van der Waals surface area contributed by atoms with E-state index in [1.165, 1.54) is 4.90 Å². The van der Waals surface area contributed by atoms with Gasteiger partial charge in [0.15, 0.2) is 0 Å². The van der Waals surface area contributed by atoms with Crippen LogP contribution < -0.4 is 4.90 Å². The molecule has 7 nitrogen and oxygen atoms in total. The molecule has 1 amide bonds. The standard InChI is InChI=1S/C18H22N4O3S/c1-12-19-13-3-9-26-16(13)17(20-12)21-7-5-18(6-8-21)4-2-14(23)22(11-18)10-15(24)25/h3,9H,2,4-8,10-11H2,1H3,(H,24,25). The van der Waals surface area contributed by atoms with E-state index in [9.17, 15) is 9.59 Å². The van der Waals surface area contributed by atoms with Crippen molar-refractivity contribution in [2.45, 2.75) is 32.6 Å². The van der Waals surface area contributed by atoms with E-state index < -0.39 is 5.97 Å². The van der Waals surface area contributed by atoms with E-state index in [4.69, 9.17) is 5.11 Å². The number of hydrogen-bond acceptors (Lipinski definition) is 6. The van der Waals surface area contributed by atoms with E-state index in [1.54, 1.807) is 11.3 Å². The Morgan fingerprint density at radius 3 is 2.81 bits per heavy atom. The number of carbonyl (C=O) groups excluding carboxylic acids is 1. The second kappa shape index (κ2) is 6.50. The molecule has 8 heteroatoms. The number of rotatable bonds is 3. The lowest BCUT2D eigenvalue weighted by Crippen LogP contribution is -2.52. The fraction of sp³-hybridized carbons (Fsp3) is 0.556. The molecule has 26 heavy (non-hydrogen) atoms. The van der Waals surface area contributed by atoms with Gasteiger partial charge in [0, 0.05) is 26.1 Å². The lowest BCUT2D eigenvalue weighted by molar-refractivity contribution is -0.148. The summed E-state index contributed by atoms with van der Waals surface area (Å²) in [4.78, 5) is 36.1. The first-order chi connectivity index (χ1) is 12.5. The number of aryl methyl sites for hydroxylation is 1. The summed E-state index contributed by atoms with van der Waals surface area (Å²) in [6.45, 7) is 4.04. The van der Waals surface area contributed by atoms with Gasteiger partial charge < -0.3 is 14.9 Å². The van der Waals surface area contributed by atoms with Crippen molar-refractivity contribution >= 4 is 39.2 Å². The third-order valence-corrected chi connectivity index (χ3v) is 6.50. The number of aliphatic carboxylic acids is 1. The molecule has 2 aliphatic heterocycles. The summed E-state index contributed by atoms with van der Waals surface area (Å²) in [7, 11) is 0. The normalized spacial score (nSPS) is 20.1. The molecular formula is C18H22N4O3S. The molecule has 2 aromatic rings. The Kier molecular flexibility index (Phi) is 4.30. The molecule has 0 aliphatic carbocycles. The summed E-state index contributed by atoms with van der Waals surface area (Å²) in [6.07, 6.45) is 3.21. The molecule has 0 radical (unpaired) electrons. The zero-order valence-corrected chi connectivity index (χ0v) is 15.6. The quantitative estimate of drug-likeness (QED) is 0.887. The number of piperidine rings is 2. The molecule has 0 unspecified atom stereocenters. The monoisotopic (exact) mass is 374 g/mol. The van der Waals surface area contributed by atoms with E-state index >= 15 is 0 Å². The van der Waals surface area contributed by atoms with Gasteiger partial charge in [0.1, 0.15) is 18.2 Å². The second-order valence-corrected chi connectivity index (χ2v) is 8.28. The van der Waals surface area contributed by atoms with Crippen LogP contribution in [0, 0.1) is 12.3 Å². The van der Waals surface area contributed by atoms with E-state index in [1.807, 2.05) is 18.4 Å². The van der Waals surface area contributed by atoms with Crippen molar-refractivity contribution in [2.75, 3.05) is 31.1 Å². The molecular weight excluding hydrogens is 352 g/mol. The number of thiophene rings is 1. The molecule has 4 rings (SSSR count). The SMILES string of the molecule is Cc1nc(N2CCC3(CCC(=O)N(CC(=O)O)C3)CC2)c2sccc2n1. The summed E-state index contributed by atoms with van der Waals surface area (Å²) in [5, 5.41) is 11.1. The largest absolute Gasteiger partial charge is 0.480 e. The Hall–Kier alpha value is -2.22. The fourth-order valence-corrected chi connectivity index (χ4v) is 5.03. The van der Waals surface area contributed by atoms with Gasteiger partial charge in [0.2, 0.25) is 5.91 Å². The fourth-order valence-electron chi connectivity index (χ4n) is 4.19. The zero-order valence-electron chi connectivity index (χ0n) is 14.8. The molecule has 0 saturated carbocycles. The number of carboxylic acids is 1. The van der Waals surface area contributed by atoms with Crippen LogP contribution in [-0.4, -0.2) is 58.0 Å². The zero-order chi connectivity index (χ0) is 18.3. The highest BCUT2D eigenvalue weighted by molar-refractivity contribution is 7.17. The van der Waals surface area contributed by atoms with Crippen molar-refractivity contribution in [3.63, 3.8) is 0 Å². The minimum absolute atomic E-state index is 0.0350. The number of likely N-dealkylation sites (tertiary alicyclic amines) is 1. The van der Waals surface area contributed by atoms with E-state index in [0.717, 1.165) is 54.2 Å². The van der Waals surface area contributed by atoms with Crippen molar-refractivity contribution in [2.24, 2.45) is 5.41 Å². The summed E-state index contributed by atoms with van der Waals surface area (Å²) < 4.78 is 1.12. The van der Waals surface area contributed by atoms with E-state index in [0.29, 0.717) is 13.0 Å². The topological polar surface area (TPSA) is 86.6 Å². The van der Waals surface area contributed by atoms with E-state index in [2.05, 4.69) is 14.9 Å². The third-order valence-electron chi connectivity index (χ3n) is 5.60. The first kappa shape index (κ1) is 17.2. The van der Waals surface area contributed by atoms with E-state index in [-0.39, 0.29) is 17.9 Å². The first-order valence-electron chi connectivity index (χ1n) is 8.92. The van der Waals surface area contributed by atoms with Crippen LogP contribution >= 0.6 is 11.3 Å². The Morgan fingerprint density at radius 2 is 2.08 bits per heavy atom. The third kappa shape index (κ3) is 3.13. The van der Waals surface area contributed by atoms with Crippen molar-refractivity contribution in [1.82, 2.24) is 14.9 Å². The predicted molar refractivity (Wildman–Crippen MR) is 99.5 cm³/mol. The molecule has 1 N–H and O–H groups in total. The molecule has 2 fully saturated rings.